The summed E-state index contributed by atoms with van der Waals surface area (Å²) in [4.78, 5) is 28.5. The molecule has 1 amide bonds. The van der Waals surface area contributed by atoms with E-state index in [1.165, 1.54) is 4.90 Å². The van der Waals surface area contributed by atoms with Gasteiger partial charge in [-0.05, 0) is 38.1 Å². The second-order valence-electron chi connectivity index (χ2n) is 4.94. The van der Waals surface area contributed by atoms with Crippen molar-refractivity contribution < 1.29 is 14.7 Å². The van der Waals surface area contributed by atoms with Crippen molar-refractivity contribution in [1.29, 1.82) is 0 Å². The van der Waals surface area contributed by atoms with E-state index in [9.17, 15) is 9.59 Å². The summed E-state index contributed by atoms with van der Waals surface area (Å²) in [5.74, 6) is -1.31. The number of rotatable bonds is 5. The number of amides is 1. The van der Waals surface area contributed by atoms with Gasteiger partial charge in [0.1, 0.15) is 6.54 Å². The number of nitrogens with zero attached hydrogens (tertiary/aromatic N) is 3. The average Bonchev–Trinajstić information content (AvgIpc) is 2.98. The normalized spacial score (nSPS) is 10.6. The zero-order chi connectivity index (χ0) is 15.4. The van der Waals surface area contributed by atoms with Crippen LogP contribution in [0.5, 0.6) is 0 Å². The molecule has 6 heteroatoms. The molecular formula is C15H17N3O3. The van der Waals surface area contributed by atoms with E-state index in [1.54, 1.807) is 50.6 Å². The molecular weight excluding hydrogens is 270 g/mol. The number of aliphatic carboxylic acids is 1. The van der Waals surface area contributed by atoms with E-state index in [-0.39, 0.29) is 18.5 Å². The molecule has 1 N–H and O–H groups in total. The van der Waals surface area contributed by atoms with E-state index >= 15 is 0 Å². The molecule has 0 bridgehead atoms. The first-order chi connectivity index (χ1) is 9.99. The van der Waals surface area contributed by atoms with Crippen molar-refractivity contribution in [3.8, 4) is 5.69 Å². The van der Waals surface area contributed by atoms with Gasteiger partial charge in [-0.2, -0.15) is 0 Å². The second-order valence-corrected chi connectivity index (χ2v) is 4.94. The number of carbonyl (C=O) groups excluding carboxylic acids is 1. The minimum Gasteiger partial charge on any atom is -0.480 e. The Morgan fingerprint density at radius 3 is 2.43 bits per heavy atom. The fraction of sp³-hybridized carbons (Fsp3) is 0.267. The zero-order valence-electron chi connectivity index (χ0n) is 11.9. The lowest BCUT2D eigenvalue weighted by atomic mass is 10.1. The maximum absolute atomic E-state index is 12.4. The summed E-state index contributed by atoms with van der Waals surface area (Å²) in [6.45, 7) is 3.28. The van der Waals surface area contributed by atoms with Crippen molar-refractivity contribution in [2.24, 2.45) is 0 Å². The maximum Gasteiger partial charge on any atom is 0.323 e. The van der Waals surface area contributed by atoms with Crippen molar-refractivity contribution in [3.63, 3.8) is 0 Å². The molecule has 2 aromatic rings. The summed E-state index contributed by atoms with van der Waals surface area (Å²) in [5.41, 5.74) is 1.35. The van der Waals surface area contributed by atoms with Gasteiger partial charge in [0.05, 0.1) is 6.33 Å². The molecule has 0 radical (unpaired) electrons. The van der Waals surface area contributed by atoms with E-state index in [1.807, 2.05) is 10.8 Å². The highest BCUT2D eigenvalue weighted by Crippen LogP contribution is 2.13. The third-order valence-corrected chi connectivity index (χ3v) is 3.11. The number of carbonyl (C=O) groups is 2. The molecule has 0 spiro atoms. The zero-order valence-corrected chi connectivity index (χ0v) is 11.9. The molecule has 21 heavy (non-hydrogen) atoms. The van der Waals surface area contributed by atoms with E-state index in [0.29, 0.717) is 5.56 Å². The second kappa shape index (κ2) is 6.21. The summed E-state index contributed by atoms with van der Waals surface area (Å²) < 4.78 is 1.83. The molecule has 0 saturated heterocycles. The van der Waals surface area contributed by atoms with Crippen LogP contribution in [0.25, 0.3) is 5.69 Å². The van der Waals surface area contributed by atoms with Crippen molar-refractivity contribution in [2.45, 2.75) is 19.9 Å². The Hall–Kier alpha value is -2.63. The summed E-state index contributed by atoms with van der Waals surface area (Å²) in [6.07, 6.45) is 5.15. The smallest absolute Gasteiger partial charge is 0.323 e. The lowest BCUT2D eigenvalue weighted by Crippen LogP contribution is -2.40. The van der Waals surface area contributed by atoms with Crippen molar-refractivity contribution in [2.75, 3.05) is 6.54 Å². The van der Waals surface area contributed by atoms with Crippen LogP contribution >= 0.6 is 0 Å². The molecule has 2 rings (SSSR count). The topological polar surface area (TPSA) is 75.4 Å². The van der Waals surface area contributed by atoms with Gasteiger partial charge in [0.2, 0.25) is 0 Å². The average molecular weight is 287 g/mol. The molecule has 110 valence electrons. The van der Waals surface area contributed by atoms with Crippen LogP contribution < -0.4 is 0 Å². The van der Waals surface area contributed by atoms with Gasteiger partial charge in [-0.3, -0.25) is 9.59 Å². The molecule has 0 aliphatic carbocycles. The lowest BCUT2D eigenvalue weighted by Gasteiger charge is -2.25. The van der Waals surface area contributed by atoms with Gasteiger partial charge in [-0.1, -0.05) is 0 Å². The third-order valence-electron chi connectivity index (χ3n) is 3.11. The van der Waals surface area contributed by atoms with Gasteiger partial charge in [-0.25, -0.2) is 4.98 Å². The number of hydrogen-bond donors (Lipinski definition) is 1. The minimum atomic E-state index is -1.02. The first-order valence-electron chi connectivity index (χ1n) is 6.60. The Morgan fingerprint density at radius 1 is 1.29 bits per heavy atom. The molecule has 0 unspecified atom stereocenters. The van der Waals surface area contributed by atoms with Crippen molar-refractivity contribution >= 4 is 11.9 Å². The van der Waals surface area contributed by atoms with Crippen LogP contribution in [0.1, 0.15) is 24.2 Å². The van der Waals surface area contributed by atoms with Crippen LogP contribution in [-0.2, 0) is 4.79 Å². The minimum absolute atomic E-state index is 0.179. The van der Waals surface area contributed by atoms with Crippen LogP contribution in [0, 0.1) is 0 Å². The van der Waals surface area contributed by atoms with Crippen LogP contribution in [0.3, 0.4) is 0 Å². The highest BCUT2D eigenvalue weighted by molar-refractivity contribution is 5.96. The Balaban J connectivity index is 2.20. The quantitative estimate of drug-likeness (QED) is 0.910. The molecule has 0 atom stereocenters. The fourth-order valence-electron chi connectivity index (χ4n) is 1.99. The predicted octanol–water partition coefficient (Wildman–Crippen LogP) is 1.81. The van der Waals surface area contributed by atoms with Crippen molar-refractivity contribution in [1.82, 2.24) is 14.5 Å². The molecule has 0 saturated carbocycles. The Labute approximate surface area is 122 Å². The Morgan fingerprint density at radius 2 is 1.95 bits per heavy atom. The third kappa shape index (κ3) is 3.47. The summed E-state index contributed by atoms with van der Waals surface area (Å²) in [6, 6.07) is 6.80. The standard InChI is InChI=1S/C15H17N3O3/c1-11(2)18(9-14(19)20)15(21)12-3-5-13(6-4-12)17-8-7-16-10-17/h3-8,10-11H,9H2,1-2H3,(H,19,20). The van der Waals surface area contributed by atoms with E-state index in [0.717, 1.165) is 5.69 Å². The highest BCUT2D eigenvalue weighted by Gasteiger charge is 2.21. The van der Waals surface area contributed by atoms with E-state index in [4.69, 9.17) is 5.11 Å². The highest BCUT2D eigenvalue weighted by atomic mass is 16.4. The van der Waals surface area contributed by atoms with Gasteiger partial charge in [0, 0.05) is 29.7 Å². The Bertz CT molecular complexity index is 618. The number of hydrogen-bond acceptors (Lipinski definition) is 3. The number of aromatic nitrogens is 2. The van der Waals surface area contributed by atoms with Gasteiger partial charge >= 0.3 is 5.97 Å². The predicted molar refractivity (Wildman–Crippen MR) is 77.4 cm³/mol. The maximum atomic E-state index is 12.4. The SMILES string of the molecule is CC(C)N(CC(=O)O)C(=O)c1ccc(-n2ccnc2)cc1. The number of imidazole rings is 1. The monoisotopic (exact) mass is 287 g/mol. The first kappa shape index (κ1) is 14.8. The molecule has 0 aliphatic rings. The number of benzene rings is 1. The van der Waals surface area contributed by atoms with Crippen molar-refractivity contribution in [3.05, 3.63) is 48.5 Å². The van der Waals surface area contributed by atoms with Crippen LogP contribution in [-0.4, -0.2) is 44.0 Å². The van der Waals surface area contributed by atoms with Gasteiger partial charge in [0.25, 0.3) is 5.91 Å². The van der Waals surface area contributed by atoms with Gasteiger partial charge < -0.3 is 14.6 Å². The van der Waals surface area contributed by atoms with Gasteiger partial charge in [-0.15, -0.1) is 0 Å². The van der Waals surface area contributed by atoms with E-state index in [2.05, 4.69) is 4.98 Å². The van der Waals surface area contributed by atoms with Crippen LogP contribution in [0.4, 0.5) is 0 Å². The van der Waals surface area contributed by atoms with Crippen LogP contribution in [0.15, 0.2) is 43.0 Å². The van der Waals surface area contributed by atoms with E-state index < -0.39 is 5.97 Å². The first-order valence-corrected chi connectivity index (χ1v) is 6.60. The Kier molecular flexibility index (Phi) is 4.37. The molecule has 0 fully saturated rings. The molecule has 1 aromatic heterocycles. The molecule has 1 aromatic carbocycles. The number of carboxylic acid groups (broad SMARTS) is 1. The largest absolute Gasteiger partial charge is 0.480 e. The molecule has 6 nitrogen and oxygen atoms in total. The molecule has 0 aliphatic heterocycles. The summed E-state index contributed by atoms with van der Waals surface area (Å²) in [5, 5.41) is 8.89. The summed E-state index contributed by atoms with van der Waals surface area (Å²) >= 11 is 0. The number of carboxylic acids is 1. The van der Waals surface area contributed by atoms with Gasteiger partial charge in [0.15, 0.2) is 0 Å². The molecule has 1 heterocycles. The lowest BCUT2D eigenvalue weighted by molar-refractivity contribution is -0.138. The summed E-state index contributed by atoms with van der Waals surface area (Å²) in [7, 11) is 0. The fourth-order valence-corrected chi connectivity index (χ4v) is 1.99. The van der Waals surface area contributed by atoms with Crippen LogP contribution in [0.2, 0.25) is 0 Å².